The largest absolute Gasteiger partial charge is 0.416 e. The first-order chi connectivity index (χ1) is 15.7. The first kappa shape index (κ1) is 23.4. The number of rotatable bonds is 6. The Bertz CT molecular complexity index is 1270. The molecule has 11 heteroatoms. The van der Waals surface area contributed by atoms with Crippen LogP contribution >= 0.6 is 23.4 Å². The van der Waals surface area contributed by atoms with E-state index in [1.807, 2.05) is 0 Å². The minimum absolute atomic E-state index is 0.0109. The Morgan fingerprint density at radius 2 is 1.91 bits per heavy atom. The van der Waals surface area contributed by atoms with Crippen molar-refractivity contribution in [3.05, 3.63) is 75.3 Å². The van der Waals surface area contributed by atoms with E-state index in [4.69, 9.17) is 17.5 Å². The van der Waals surface area contributed by atoms with Gasteiger partial charge in [0.05, 0.1) is 23.6 Å². The zero-order chi connectivity index (χ0) is 23.8. The molecule has 0 saturated carbocycles. The van der Waals surface area contributed by atoms with E-state index in [1.54, 1.807) is 41.1 Å². The van der Waals surface area contributed by atoms with Crippen molar-refractivity contribution >= 4 is 51.5 Å². The summed E-state index contributed by atoms with van der Waals surface area (Å²) in [5.74, 6) is 4.53. The molecular formula is C22H17ClF3N3O3S. The fourth-order valence-electron chi connectivity index (χ4n) is 3.57. The van der Waals surface area contributed by atoms with Gasteiger partial charge in [0.25, 0.3) is 11.1 Å². The second-order valence-electron chi connectivity index (χ2n) is 7.27. The van der Waals surface area contributed by atoms with Crippen molar-refractivity contribution in [3.63, 3.8) is 0 Å². The van der Waals surface area contributed by atoms with Crippen LogP contribution in [0.1, 0.15) is 16.7 Å². The maximum Gasteiger partial charge on any atom is 0.416 e. The van der Waals surface area contributed by atoms with Crippen LogP contribution in [-0.2, 0) is 22.4 Å². The van der Waals surface area contributed by atoms with Gasteiger partial charge >= 0.3 is 6.18 Å². The van der Waals surface area contributed by atoms with E-state index < -0.39 is 22.9 Å². The first-order valence-corrected chi connectivity index (χ1v) is 10.9. The van der Waals surface area contributed by atoms with E-state index in [-0.39, 0.29) is 35.2 Å². The number of aromatic nitrogens is 1. The quantitative estimate of drug-likeness (QED) is 0.371. The highest BCUT2D eigenvalue weighted by Gasteiger charge is 2.35. The highest BCUT2D eigenvalue weighted by molar-refractivity contribution is 8.18. The van der Waals surface area contributed by atoms with Crippen LogP contribution in [0.3, 0.4) is 0 Å². The molecule has 3 aromatic rings. The van der Waals surface area contributed by atoms with Gasteiger partial charge in [-0.1, -0.05) is 23.7 Å². The fraction of sp³-hybridized carbons (Fsp3) is 0.182. The number of amides is 2. The second-order valence-corrected chi connectivity index (χ2v) is 8.69. The van der Waals surface area contributed by atoms with E-state index >= 15 is 0 Å². The zero-order valence-corrected chi connectivity index (χ0v) is 18.5. The van der Waals surface area contributed by atoms with Gasteiger partial charge in [0.2, 0.25) is 0 Å². The molecule has 172 valence electrons. The van der Waals surface area contributed by atoms with Crippen molar-refractivity contribution in [3.8, 4) is 0 Å². The van der Waals surface area contributed by atoms with Crippen LogP contribution in [-0.4, -0.2) is 33.8 Å². The molecule has 2 N–H and O–H groups in total. The summed E-state index contributed by atoms with van der Waals surface area (Å²) < 4.78 is 42.0. The molecule has 1 fully saturated rings. The maximum atomic E-state index is 13.4. The molecular weight excluding hydrogens is 479 g/mol. The van der Waals surface area contributed by atoms with E-state index in [2.05, 4.69) is 4.84 Å². The van der Waals surface area contributed by atoms with Gasteiger partial charge in [0.1, 0.15) is 0 Å². The normalized spacial score (nSPS) is 15.9. The predicted molar refractivity (Wildman–Crippen MR) is 120 cm³/mol. The molecule has 0 unspecified atom stereocenters. The third-order valence-corrected chi connectivity index (χ3v) is 6.26. The molecule has 2 aromatic carbocycles. The number of fused-ring (bicyclic) bond motifs is 1. The van der Waals surface area contributed by atoms with Gasteiger partial charge in [-0.25, -0.2) is 5.90 Å². The lowest BCUT2D eigenvalue weighted by atomic mass is 10.1. The topological polar surface area (TPSA) is 77.6 Å². The van der Waals surface area contributed by atoms with Crippen LogP contribution in [0, 0.1) is 0 Å². The van der Waals surface area contributed by atoms with Crippen LogP contribution in [0.2, 0.25) is 5.02 Å². The Morgan fingerprint density at radius 3 is 2.64 bits per heavy atom. The molecule has 0 atom stereocenters. The highest BCUT2D eigenvalue weighted by Crippen LogP contribution is 2.35. The van der Waals surface area contributed by atoms with E-state index in [0.717, 1.165) is 33.6 Å². The zero-order valence-electron chi connectivity index (χ0n) is 16.9. The molecule has 1 aliphatic rings. The van der Waals surface area contributed by atoms with Crippen molar-refractivity contribution in [2.75, 3.05) is 13.2 Å². The summed E-state index contributed by atoms with van der Waals surface area (Å²) in [5.41, 5.74) is 0.736. The smallest absolute Gasteiger partial charge is 0.343 e. The van der Waals surface area contributed by atoms with E-state index in [9.17, 15) is 22.8 Å². The van der Waals surface area contributed by atoms with Crippen molar-refractivity contribution in [1.82, 2.24) is 9.47 Å². The molecule has 1 saturated heterocycles. The lowest BCUT2D eigenvalue weighted by Crippen LogP contribution is -2.32. The Kier molecular flexibility index (Phi) is 6.53. The lowest BCUT2D eigenvalue weighted by molar-refractivity contribution is -0.138. The van der Waals surface area contributed by atoms with E-state index in [1.165, 1.54) is 12.1 Å². The third-order valence-electron chi connectivity index (χ3n) is 5.12. The van der Waals surface area contributed by atoms with Gasteiger partial charge in [0, 0.05) is 28.7 Å². The van der Waals surface area contributed by atoms with Crippen molar-refractivity contribution in [2.45, 2.75) is 12.7 Å². The molecule has 2 amide bonds. The monoisotopic (exact) mass is 495 g/mol. The number of thioether (sulfide) groups is 1. The van der Waals surface area contributed by atoms with Crippen LogP contribution < -0.4 is 5.90 Å². The molecule has 0 radical (unpaired) electrons. The average Bonchev–Trinajstić information content (AvgIpc) is 3.27. The summed E-state index contributed by atoms with van der Waals surface area (Å²) in [5, 5.41) is 0.397. The fourth-order valence-corrected chi connectivity index (χ4v) is 4.61. The van der Waals surface area contributed by atoms with E-state index in [0.29, 0.717) is 5.56 Å². The van der Waals surface area contributed by atoms with Gasteiger partial charge in [0.15, 0.2) is 0 Å². The van der Waals surface area contributed by atoms with Gasteiger partial charge < -0.3 is 9.40 Å². The molecule has 33 heavy (non-hydrogen) atoms. The van der Waals surface area contributed by atoms with Gasteiger partial charge in [-0.05, 0) is 59.3 Å². The number of benzene rings is 2. The van der Waals surface area contributed by atoms with Crippen LogP contribution in [0.4, 0.5) is 18.0 Å². The van der Waals surface area contributed by atoms with Gasteiger partial charge in [-0.2, -0.15) is 13.2 Å². The summed E-state index contributed by atoms with van der Waals surface area (Å²) in [6.07, 6.45) is -1.22. The molecule has 1 aliphatic heterocycles. The van der Waals surface area contributed by atoms with Crippen LogP contribution in [0.5, 0.6) is 0 Å². The second kappa shape index (κ2) is 9.22. The highest BCUT2D eigenvalue weighted by atomic mass is 35.5. The number of hydrogen-bond donors (Lipinski definition) is 1. The summed E-state index contributed by atoms with van der Waals surface area (Å²) >= 11 is 6.59. The molecule has 0 bridgehead atoms. The van der Waals surface area contributed by atoms with Crippen molar-refractivity contribution in [2.24, 2.45) is 5.90 Å². The first-order valence-electron chi connectivity index (χ1n) is 9.69. The van der Waals surface area contributed by atoms with Crippen LogP contribution in [0.25, 0.3) is 17.0 Å². The minimum atomic E-state index is -4.52. The average molecular weight is 496 g/mol. The number of carbonyl (C=O) groups excluding carboxylic acids is 2. The number of alkyl halides is 3. The minimum Gasteiger partial charge on any atom is -0.343 e. The molecule has 2 heterocycles. The summed E-state index contributed by atoms with van der Waals surface area (Å²) in [6, 6.07) is 10.8. The molecule has 0 aliphatic carbocycles. The van der Waals surface area contributed by atoms with Gasteiger partial charge in [-0.3, -0.25) is 14.5 Å². The SMILES string of the molecule is NOCCN1C(=O)SC(=Cc2ccc3c(ccn3Cc3ccc(Cl)cc3C(F)(F)F)c2)C1=O. The maximum absolute atomic E-state index is 13.4. The standard InChI is InChI=1S/C22H17ClF3N3O3S/c23-16-3-2-15(17(11-16)22(24,25)26)12-28-6-5-14-9-13(1-4-18(14)28)10-19-20(30)29(7-8-32-27)21(31)33-19/h1-6,9-11H,7-8,12,27H2. The molecule has 1 aromatic heterocycles. The van der Waals surface area contributed by atoms with Crippen molar-refractivity contribution < 1.29 is 27.6 Å². The Balaban J connectivity index is 1.60. The summed E-state index contributed by atoms with van der Waals surface area (Å²) in [4.78, 5) is 30.2. The Morgan fingerprint density at radius 1 is 1.12 bits per heavy atom. The Labute approximate surface area is 195 Å². The number of carbonyl (C=O) groups is 2. The van der Waals surface area contributed by atoms with Gasteiger partial charge in [-0.15, -0.1) is 0 Å². The number of halogens is 4. The lowest BCUT2D eigenvalue weighted by Gasteiger charge is -2.14. The third kappa shape index (κ3) is 4.93. The molecule has 0 spiro atoms. The van der Waals surface area contributed by atoms with Crippen molar-refractivity contribution in [1.29, 1.82) is 0 Å². The summed E-state index contributed by atoms with van der Waals surface area (Å²) in [7, 11) is 0. The number of hydrogen-bond acceptors (Lipinski definition) is 5. The Hall–Kier alpha value is -2.79. The number of imide groups is 1. The summed E-state index contributed by atoms with van der Waals surface area (Å²) in [6.45, 7) is 0.108. The molecule has 6 nitrogen and oxygen atoms in total. The predicted octanol–water partition coefficient (Wildman–Crippen LogP) is 5.29. The number of nitrogens with zero attached hydrogens (tertiary/aromatic N) is 2. The molecule has 4 rings (SSSR count). The van der Waals surface area contributed by atoms with Crippen LogP contribution in [0.15, 0.2) is 53.6 Å². The number of nitrogens with two attached hydrogens (primary N) is 1.